The van der Waals surface area contributed by atoms with E-state index in [0.717, 1.165) is 6.07 Å². The quantitative estimate of drug-likeness (QED) is 0.819. The number of piperazine rings is 1. The Balaban J connectivity index is 2.54. The second kappa shape index (κ2) is 5.36. The number of anilines is 1. The Bertz CT molecular complexity index is 528. The number of carboxylic acid groups (broad SMARTS) is 1. The van der Waals surface area contributed by atoms with Gasteiger partial charge in [-0.05, 0) is 13.0 Å². The van der Waals surface area contributed by atoms with Crippen molar-refractivity contribution in [3.05, 3.63) is 23.3 Å². The summed E-state index contributed by atoms with van der Waals surface area (Å²) in [5.41, 5.74) is -0.679. The molecule has 8 heteroatoms. The molecule has 2 N–H and O–H groups in total. The van der Waals surface area contributed by atoms with Gasteiger partial charge in [0, 0.05) is 31.9 Å². The maximum Gasteiger partial charge on any atom is 0.509 e. The van der Waals surface area contributed by atoms with Crippen LogP contribution in [0.5, 0.6) is 0 Å². The first-order chi connectivity index (χ1) is 9.30. The summed E-state index contributed by atoms with van der Waals surface area (Å²) in [6.07, 6.45) is 0. The van der Waals surface area contributed by atoms with Crippen molar-refractivity contribution in [2.75, 3.05) is 31.1 Å². The van der Waals surface area contributed by atoms with E-state index in [-0.39, 0.29) is 11.1 Å². The van der Waals surface area contributed by atoms with E-state index in [2.05, 4.69) is 5.32 Å². The lowest BCUT2D eigenvalue weighted by Gasteiger charge is -2.33. The zero-order valence-corrected chi connectivity index (χ0v) is 11.0. The lowest BCUT2D eigenvalue weighted by Crippen LogP contribution is -2.45. The Morgan fingerprint density at radius 3 is 2.40 bits per heavy atom. The summed E-state index contributed by atoms with van der Waals surface area (Å²) in [5.74, 6) is -1.34. The molecule has 2 rings (SSSR count). The average Bonchev–Trinajstić information content (AvgIpc) is 2.38. The normalized spacial score (nSPS) is 16.3. The number of hydrogen-bond acceptors (Lipinski definition) is 3. The van der Waals surface area contributed by atoms with Crippen molar-refractivity contribution in [1.29, 1.82) is 0 Å². The van der Waals surface area contributed by atoms with Crippen LogP contribution in [0, 0.1) is 6.92 Å². The lowest BCUT2D eigenvalue weighted by molar-refractivity contribution is 0.0697. The standard InChI is InChI=1S/C12H15BF3N2O2/c1-8-10(13(14,15)16)6-9(12(19)20)7-11(8)18-4-2-17-3-5-18/h6-7,17H,2-5H2,1H3,(H,19,20)/q-1. The number of nitrogens with zero attached hydrogens (tertiary/aromatic N) is 1. The number of hydrogen-bond donors (Lipinski definition) is 2. The molecule has 0 radical (unpaired) electrons. The molecule has 1 aromatic carbocycles. The SMILES string of the molecule is Cc1c(N2CCNCC2)cc(C(=O)O)cc1[B-](F)(F)F. The Kier molecular flexibility index (Phi) is 3.94. The predicted molar refractivity (Wildman–Crippen MR) is 71.9 cm³/mol. The van der Waals surface area contributed by atoms with Crippen molar-refractivity contribution in [1.82, 2.24) is 5.32 Å². The van der Waals surface area contributed by atoms with E-state index >= 15 is 0 Å². The highest BCUT2D eigenvalue weighted by atomic mass is 19.4. The van der Waals surface area contributed by atoms with Crippen LogP contribution in [-0.2, 0) is 0 Å². The molecule has 0 aromatic heterocycles. The topological polar surface area (TPSA) is 52.6 Å². The summed E-state index contributed by atoms with van der Waals surface area (Å²) in [5, 5.41) is 12.1. The second-order valence-electron chi connectivity index (χ2n) is 4.83. The summed E-state index contributed by atoms with van der Waals surface area (Å²) >= 11 is 0. The van der Waals surface area contributed by atoms with Gasteiger partial charge < -0.3 is 28.3 Å². The Labute approximate surface area is 114 Å². The number of carboxylic acids is 1. The fourth-order valence-corrected chi connectivity index (χ4v) is 2.42. The third-order valence-electron chi connectivity index (χ3n) is 3.48. The van der Waals surface area contributed by atoms with Crippen molar-refractivity contribution in [3.63, 3.8) is 0 Å². The predicted octanol–water partition coefficient (Wildman–Crippen LogP) is 1.16. The molecule has 1 aliphatic heterocycles. The molecule has 0 saturated carbocycles. The summed E-state index contributed by atoms with van der Waals surface area (Å²) < 4.78 is 39.2. The van der Waals surface area contributed by atoms with Crippen LogP contribution in [-0.4, -0.2) is 44.2 Å². The van der Waals surface area contributed by atoms with Crippen LogP contribution in [0.25, 0.3) is 0 Å². The summed E-state index contributed by atoms with van der Waals surface area (Å²) in [7, 11) is 0. The molecule has 0 unspecified atom stereocenters. The summed E-state index contributed by atoms with van der Waals surface area (Å²) in [6, 6.07) is 2.05. The second-order valence-corrected chi connectivity index (χ2v) is 4.83. The molecule has 1 heterocycles. The molecule has 1 aliphatic rings. The Morgan fingerprint density at radius 1 is 1.30 bits per heavy atom. The van der Waals surface area contributed by atoms with Gasteiger partial charge in [0.05, 0.1) is 5.56 Å². The van der Waals surface area contributed by atoms with Gasteiger partial charge in [-0.1, -0.05) is 11.6 Å². The molecular weight excluding hydrogens is 272 g/mol. The van der Waals surface area contributed by atoms with Crippen LogP contribution < -0.4 is 15.7 Å². The number of nitrogens with one attached hydrogen (secondary N) is 1. The van der Waals surface area contributed by atoms with E-state index in [1.54, 1.807) is 4.90 Å². The van der Waals surface area contributed by atoms with Crippen LogP contribution in [0.2, 0.25) is 0 Å². The van der Waals surface area contributed by atoms with Crippen LogP contribution in [0.4, 0.5) is 18.6 Å². The number of benzene rings is 1. The minimum atomic E-state index is -5.23. The Morgan fingerprint density at radius 2 is 1.90 bits per heavy atom. The fraction of sp³-hybridized carbons (Fsp3) is 0.417. The highest BCUT2D eigenvalue weighted by molar-refractivity contribution is 6.74. The van der Waals surface area contributed by atoms with Crippen LogP contribution in [0.15, 0.2) is 12.1 Å². The van der Waals surface area contributed by atoms with Crippen LogP contribution in [0.3, 0.4) is 0 Å². The molecule has 20 heavy (non-hydrogen) atoms. The van der Waals surface area contributed by atoms with E-state index in [4.69, 9.17) is 5.11 Å². The molecule has 0 bridgehead atoms. The molecule has 0 atom stereocenters. The molecule has 4 nitrogen and oxygen atoms in total. The summed E-state index contributed by atoms with van der Waals surface area (Å²) in [6.45, 7) is -1.37. The third kappa shape index (κ3) is 2.90. The molecular formula is C12H15BF3N2O2-. The largest absolute Gasteiger partial charge is 0.509 e. The minimum absolute atomic E-state index is 0.101. The lowest BCUT2D eigenvalue weighted by atomic mass is 9.75. The highest BCUT2D eigenvalue weighted by Crippen LogP contribution is 2.24. The maximum absolute atomic E-state index is 13.1. The zero-order chi connectivity index (χ0) is 14.9. The first-order valence-corrected chi connectivity index (χ1v) is 6.34. The van der Waals surface area contributed by atoms with Crippen molar-refractivity contribution in [2.45, 2.75) is 6.92 Å². The summed E-state index contributed by atoms with van der Waals surface area (Å²) in [4.78, 5) is 12.8. The maximum atomic E-state index is 13.1. The van der Waals surface area contributed by atoms with Crippen LogP contribution >= 0.6 is 0 Å². The van der Waals surface area contributed by atoms with Gasteiger partial charge in [-0.2, -0.15) is 0 Å². The number of halogens is 3. The van der Waals surface area contributed by atoms with Crippen molar-refractivity contribution < 1.29 is 22.8 Å². The van der Waals surface area contributed by atoms with Gasteiger partial charge in [-0.3, -0.25) is 0 Å². The average molecular weight is 287 g/mol. The van der Waals surface area contributed by atoms with E-state index in [1.807, 2.05) is 0 Å². The molecule has 0 amide bonds. The number of aromatic carboxylic acids is 1. The van der Waals surface area contributed by atoms with Gasteiger partial charge >= 0.3 is 12.9 Å². The molecule has 1 fully saturated rings. The van der Waals surface area contributed by atoms with Gasteiger partial charge in [-0.15, -0.1) is 5.46 Å². The Hall–Kier alpha value is -1.70. The van der Waals surface area contributed by atoms with Crippen molar-refractivity contribution in [2.24, 2.45) is 0 Å². The smallest absolute Gasteiger partial charge is 0.478 e. The minimum Gasteiger partial charge on any atom is -0.478 e. The monoisotopic (exact) mass is 287 g/mol. The number of rotatable bonds is 3. The van der Waals surface area contributed by atoms with E-state index in [9.17, 15) is 17.7 Å². The third-order valence-corrected chi connectivity index (χ3v) is 3.48. The first kappa shape index (κ1) is 14.7. The molecule has 110 valence electrons. The highest BCUT2D eigenvalue weighted by Gasteiger charge is 2.30. The van der Waals surface area contributed by atoms with E-state index < -0.39 is 18.4 Å². The van der Waals surface area contributed by atoms with Gasteiger partial charge in [0.15, 0.2) is 0 Å². The molecule has 1 saturated heterocycles. The van der Waals surface area contributed by atoms with Gasteiger partial charge in [0.25, 0.3) is 0 Å². The first-order valence-electron chi connectivity index (χ1n) is 6.34. The van der Waals surface area contributed by atoms with Gasteiger partial charge in [0.2, 0.25) is 0 Å². The van der Waals surface area contributed by atoms with Gasteiger partial charge in [0.1, 0.15) is 0 Å². The van der Waals surface area contributed by atoms with E-state index in [1.165, 1.54) is 13.0 Å². The van der Waals surface area contributed by atoms with Crippen LogP contribution in [0.1, 0.15) is 15.9 Å². The fourth-order valence-electron chi connectivity index (χ4n) is 2.42. The van der Waals surface area contributed by atoms with Crippen molar-refractivity contribution >= 4 is 24.1 Å². The van der Waals surface area contributed by atoms with E-state index in [0.29, 0.717) is 31.9 Å². The molecule has 0 aliphatic carbocycles. The number of carbonyl (C=O) groups is 1. The molecule has 1 aromatic rings. The molecule has 0 spiro atoms. The van der Waals surface area contributed by atoms with Crippen molar-refractivity contribution in [3.8, 4) is 0 Å². The van der Waals surface area contributed by atoms with Gasteiger partial charge in [-0.25, -0.2) is 4.79 Å². The zero-order valence-electron chi connectivity index (χ0n) is 11.0.